The number of benzene rings is 2. The molecule has 0 fully saturated rings. The van der Waals surface area contributed by atoms with Crippen LogP contribution in [0.1, 0.15) is 5.56 Å². The van der Waals surface area contributed by atoms with E-state index in [1.54, 1.807) is 30.1 Å². The summed E-state index contributed by atoms with van der Waals surface area (Å²) in [6.45, 7) is 0.471. The van der Waals surface area contributed by atoms with E-state index in [2.05, 4.69) is 5.32 Å². The molecule has 0 saturated heterocycles. The van der Waals surface area contributed by atoms with Crippen LogP contribution in [-0.2, 0) is 21.4 Å². The van der Waals surface area contributed by atoms with E-state index < -0.39 is 10.0 Å². The first-order chi connectivity index (χ1) is 11.2. The van der Waals surface area contributed by atoms with Crippen LogP contribution in [0.2, 0.25) is 0 Å². The smallest absolute Gasteiger partial charge is 0.238 e. The molecule has 0 unspecified atom stereocenters. The van der Waals surface area contributed by atoms with Gasteiger partial charge in [0.15, 0.2) is 0 Å². The summed E-state index contributed by atoms with van der Waals surface area (Å²) < 4.78 is 35.8. The number of carbonyl (C=O) groups is 1. The number of anilines is 1. The molecule has 0 aromatic heterocycles. The number of nitrogens with two attached hydrogens (primary N) is 1. The molecule has 128 valence electrons. The summed E-state index contributed by atoms with van der Waals surface area (Å²) in [6.07, 6.45) is 0. The number of primary sulfonamides is 1. The Hall–Kier alpha value is -2.29. The number of halogens is 1. The van der Waals surface area contributed by atoms with Crippen LogP contribution in [0, 0.1) is 5.82 Å². The highest BCUT2D eigenvalue weighted by Gasteiger charge is 2.11. The highest BCUT2D eigenvalue weighted by Crippen LogP contribution is 2.14. The Bertz CT molecular complexity index is 840. The van der Waals surface area contributed by atoms with Crippen molar-refractivity contribution in [2.75, 3.05) is 18.9 Å². The van der Waals surface area contributed by atoms with Crippen LogP contribution in [0.4, 0.5) is 10.1 Å². The Labute approximate surface area is 140 Å². The number of amides is 1. The maximum absolute atomic E-state index is 13.1. The van der Waals surface area contributed by atoms with Gasteiger partial charge in [0.1, 0.15) is 5.82 Å². The molecule has 0 aliphatic rings. The van der Waals surface area contributed by atoms with Crippen molar-refractivity contribution in [1.82, 2.24) is 4.90 Å². The van der Waals surface area contributed by atoms with Crippen LogP contribution < -0.4 is 10.5 Å². The van der Waals surface area contributed by atoms with Gasteiger partial charge in [0.25, 0.3) is 0 Å². The summed E-state index contributed by atoms with van der Waals surface area (Å²) >= 11 is 0. The molecular weight excluding hydrogens is 333 g/mol. The molecule has 0 heterocycles. The Balaban J connectivity index is 1.95. The SMILES string of the molecule is CN(CC(=O)Nc1cccc(S(N)(=O)=O)c1)Cc1cccc(F)c1. The first kappa shape index (κ1) is 18.1. The van der Waals surface area contributed by atoms with Gasteiger partial charge in [-0.2, -0.15) is 0 Å². The number of nitrogens with one attached hydrogen (secondary N) is 1. The van der Waals surface area contributed by atoms with Crippen LogP contribution in [0.5, 0.6) is 0 Å². The van der Waals surface area contributed by atoms with Crippen molar-refractivity contribution in [3.8, 4) is 0 Å². The van der Waals surface area contributed by atoms with Gasteiger partial charge in [0, 0.05) is 12.2 Å². The van der Waals surface area contributed by atoms with Crippen molar-refractivity contribution in [3.63, 3.8) is 0 Å². The first-order valence-corrected chi connectivity index (χ1v) is 8.64. The van der Waals surface area contributed by atoms with Crippen molar-refractivity contribution in [2.45, 2.75) is 11.4 Å². The minimum Gasteiger partial charge on any atom is -0.325 e. The highest BCUT2D eigenvalue weighted by molar-refractivity contribution is 7.89. The quantitative estimate of drug-likeness (QED) is 0.826. The van der Waals surface area contributed by atoms with Gasteiger partial charge in [-0.15, -0.1) is 0 Å². The summed E-state index contributed by atoms with van der Waals surface area (Å²) in [5.74, 6) is -0.648. The van der Waals surface area contributed by atoms with Gasteiger partial charge in [-0.1, -0.05) is 18.2 Å². The molecule has 0 saturated carbocycles. The van der Waals surface area contributed by atoms with Gasteiger partial charge in [-0.3, -0.25) is 9.69 Å². The van der Waals surface area contributed by atoms with E-state index in [4.69, 9.17) is 5.14 Å². The zero-order valence-corrected chi connectivity index (χ0v) is 13.9. The molecule has 2 aromatic rings. The standard InChI is InChI=1S/C16H18FN3O3S/c1-20(10-12-4-2-5-13(17)8-12)11-16(21)19-14-6-3-7-15(9-14)24(18,22)23/h2-9H,10-11H2,1H3,(H,19,21)(H2,18,22,23). The fraction of sp³-hybridized carbons (Fsp3) is 0.188. The molecule has 1 amide bonds. The summed E-state index contributed by atoms with van der Waals surface area (Å²) in [5.41, 5.74) is 1.09. The predicted molar refractivity (Wildman–Crippen MR) is 89.2 cm³/mol. The van der Waals surface area contributed by atoms with E-state index in [0.29, 0.717) is 12.2 Å². The van der Waals surface area contributed by atoms with E-state index in [-0.39, 0.29) is 23.2 Å². The van der Waals surface area contributed by atoms with Crippen molar-refractivity contribution in [2.24, 2.45) is 5.14 Å². The third-order valence-corrected chi connectivity index (χ3v) is 4.11. The van der Waals surface area contributed by atoms with E-state index in [1.807, 2.05) is 0 Å². The van der Waals surface area contributed by atoms with Gasteiger partial charge in [0.2, 0.25) is 15.9 Å². The highest BCUT2D eigenvalue weighted by atomic mass is 32.2. The molecule has 2 aromatic carbocycles. The van der Waals surface area contributed by atoms with Crippen LogP contribution in [0.25, 0.3) is 0 Å². The third-order valence-electron chi connectivity index (χ3n) is 3.20. The summed E-state index contributed by atoms with van der Waals surface area (Å²) in [6, 6.07) is 11.8. The number of carbonyl (C=O) groups excluding carboxylic acids is 1. The second kappa shape index (κ2) is 7.52. The molecule has 24 heavy (non-hydrogen) atoms. The molecule has 0 aliphatic carbocycles. The number of rotatable bonds is 6. The maximum Gasteiger partial charge on any atom is 0.238 e. The molecule has 0 radical (unpaired) electrons. The molecular formula is C16H18FN3O3S. The Morgan fingerprint density at radius 1 is 1.21 bits per heavy atom. The first-order valence-electron chi connectivity index (χ1n) is 7.10. The summed E-state index contributed by atoms with van der Waals surface area (Å²) in [4.78, 5) is 13.7. The molecule has 8 heteroatoms. The molecule has 3 N–H and O–H groups in total. The minimum atomic E-state index is -3.83. The van der Waals surface area contributed by atoms with E-state index in [1.165, 1.54) is 30.3 Å². The lowest BCUT2D eigenvalue weighted by Gasteiger charge is -2.16. The average molecular weight is 351 g/mol. The van der Waals surface area contributed by atoms with Crippen molar-refractivity contribution in [1.29, 1.82) is 0 Å². The zero-order chi connectivity index (χ0) is 17.7. The fourth-order valence-electron chi connectivity index (χ4n) is 2.20. The van der Waals surface area contributed by atoms with Crippen molar-refractivity contribution < 1.29 is 17.6 Å². The van der Waals surface area contributed by atoms with Gasteiger partial charge < -0.3 is 5.32 Å². The molecule has 0 aliphatic heterocycles. The number of hydrogen-bond donors (Lipinski definition) is 2. The predicted octanol–water partition coefficient (Wildman–Crippen LogP) is 1.54. The van der Waals surface area contributed by atoms with Crippen LogP contribution in [0.15, 0.2) is 53.4 Å². The van der Waals surface area contributed by atoms with Crippen molar-refractivity contribution >= 4 is 21.6 Å². The van der Waals surface area contributed by atoms with Crippen LogP contribution in [-0.4, -0.2) is 32.8 Å². The Morgan fingerprint density at radius 3 is 2.58 bits per heavy atom. The summed E-state index contributed by atoms with van der Waals surface area (Å²) in [5, 5.41) is 7.66. The molecule has 2 rings (SSSR count). The Morgan fingerprint density at radius 2 is 1.92 bits per heavy atom. The lowest BCUT2D eigenvalue weighted by atomic mass is 10.2. The van der Waals surface area contributed by atoms with Gasteiger partial charge in [0.05, 0.1) is 11.4 Å². The second-order valence-electron chi connectivity index (χ2n) is 5.42. The number of likely N-dealkylation sites (N-methyl/N-ethyl adjacent to an activating group) is 1. The average Bonchev–Trinajstić information content (AvgIpc) is 2.46. The number of sulfonamides is 1. The van der Waals surface area contributed by atoms with Crippen molar-refractivity contribution in [3.05, 3.63) is 59.9 Å². The van der Waals surface area contributed by atoms with Gasteiger partial charge in [-0.05, 0) is 42.9 Å². The number of hydrogen-bond acceptors (Lipinski definition) is 4. The monoisotopic (exact) mass is 351 g/mol. The maximum atomic E-state index is 13.1. The number of nitrogens with zero attached hydrogens (tertiary/aromatic N) is 1. The van der Waals surface area contributed by atoms with Gasteiger partial charge >= 0.3 is 0 Å². The topological polar surface area (TPSA) is 92.5 Å². The zero-order valence-electron chi connectivity index (χ0n) is 13.1. The lowest BCUT2D eigenvalue weighted by Crippen LogP contribution is -2.29. The Kier molecular flexibility index (Phi) is 5.66. The second-order valence-corrected chi connectivity index (χ2v) is 6.98. The minimum absolute atomic E-state index is 0.0656. The molecule has 0 spiro atoms. The largest absolute Gasteiger partial charge is 0.325 e. The third kappa shape index (κ3) is 5.41. The van der Waals surface area contributed by atoms with Crippen LogP contribution >= 0.6 is 0 Å². The summed E-state index contributed by atoms with van der Waals surface area (Å²) in [7, 11) is -2.10. The molecule has 0 atom stereocenters. The van der Waals surface area contributed by atoms with E-state index in [0.717, 1.165) is 5.56 Å². The fourth-order valence-corrected chi connectivity index (χ4v) is 2.76. The molecule has 0 bridgehead atoms. The lowest BCUT2D eigenvalue weighted by molar-refractivity contribution is -0.117. The van der Waals surface area contributed by atoms with E-state index in [9.17, 15) is 17.6 Å². The normalized spacial score (nSPS) is 11.5. The van der Waals surface area contributed by atoms with Gasteiger partial charge in [-0.25, -0.2) is 17.9 Å². The molecule has 6 nitrogen and oxygen atoms in total. The van der Waals surface area contributed by atoms with E-state index >= 15 is 0 Å². The van der Waals surface area contributed by atoms with Crippen LogP contribution in [0.3, 0.4) is 0 Å².